The van der Waals surface area contributed by atoms with Gasteiger partial charge in [0, 0.05) is 19.7 Å². The van der Waals surface area contributed by atoms with Crippen molar-refractivity contribution in [3.63, 3.8) is 0 Å². The molecule has 0 saturated carbocycles. The Morgan fingerprint density at radius 1 is 1.32 bits per heavy atom. The van der Waals surface area contributed by atoms with Crippen molar-refractivity contribution in [3.8, 4) is 0 Å². The van der Waals surface area contributed by atoms with E-state index in [4.69, 9.17) is 0 Å². The lowest BCUT2D eigenvalue weighted by Crippen LogP contribution is -2.28. The van der Waals surface area contributed by atoms with E-state index in [1.54, 1.807) is 0 Å². The van der Waals surface area contributed by atoms with Crippen LogP contribution in [-0.4, -0.2) is 39.9 Å². The van der Waals surface area contributed by atoms with Crippen molar-refractivity contribution in [1.82, 2.24) is 4.72 Å². The van der Waals surface area contributed by atoms with E-state index in [2.05, 4.69) is 9.46 Å². The van der Waals surface area contributed by atoms with E-state index >= 15 is 0 Å². The average Bonchev–Trinajstić information content (AvgIpc) is 2.27. The van der Waals surface area contributed by atoms with Gasteiger partial charge in [0.25, 0.3) is 0 Å². The molecule has 1 aromatic carbocycles. The van der Waals surface area contributed by atoms with Gasteiger partial charge in [0.05, 0.1) is 17.6 Å². The molecule has 0 saturated heterocycles. The summed E-state index contributed by atoms with van der Waals surface area (Å²) in [5.74, 6) is -1.94. The zero-order valence-electron chi connectivity index (χ0n) is 10.3. The van der Waals surface area contributed by atoms with Crippen LogP contribution in [0.5, 0.6) is 0 Å². The summed E-state index contributed by atoms with van der Waals surface area (Å²) in [6.45, 7) is 0.0152. The molecule has 8 heteroatoms. The number of hydrogen-bond acceptors (Lipinski definition) is 4. The van der Waals surface area contributed by atoms with Gasteiger partial charge in [-0.15, -0.1) is 0 Å². The Morgan fingerprint density at radius 3 is 2.42 bits per heavy atom. The standard InChI is InChI=1S/C11H15F2NO4S/c1-18-7-10(15)2-3-14-19(16,17)11-5-8(12)4-9(13)6-11/h4-6,10,14-15H,2-3,7H2,1H3. The second-order valence-electron chi connectivity index (χ2n) is 3.90. The fourth-order valence-electron chi connectivity index (χ4n) is 1.40. The number of halogens is 2. The average molecular weight is 295 g/mol. The molecule has 108 valence electrons. The second-order valence-corrected chi connectivity index (χ2v) is 5.67. The molecule has 0 amide bonds. The van der Waals surface area contributed by atoms with Crippen LogP contribution in [0.3, 0.4) is 0 Å². The summed E-state index contributed by atoms with van der Waals surface area (Å²) in [6.07, 6.45) is -0.679. The Bertz CT molecular complexity index is 501. The van der Waals surface area contributed by atoms with E-state index < -0.39 is 32.7 Å². The fraction of sp³-hybridized carbons (Fsp3) is 0.455. The van der Waals surface area contributed by atoms with Crippen molar-refractivity contribution in [1.29, 1.82) is 0 Å². The number of methoxy groups -OCH3 is 1. The van der Waals surface area contributed by atoms with E-state index in [1.807, 2.05) is 0 Å². The first-order valence-electron chi connectivity index (χ1n) is 5.48. The molecule has 0 aliphatic heterocycles. The van der Waals surface area contributed by atoms with Crippen LogP contribution in [0.4, 0.5) is 8.78 Å². The number of nitrogens with one attached hydrogen (secondary N) is 1. The quantitative estimate of drug-likeness (QED) is 0.774. The number of hydrogen-bond donors (Lipinski definition) is 2. The predicted molar refractivity (Wildman–Crippen MR) is 64.0 cm³/mol. The van der Waals surface area contributed by atoms with Crippen LogP contribution < -0.4 is 4.72 Å². The molecule has 1 rings (SSSR count). The minimum absolute atomic E-state index is 0.0645. The predicted octanol–water partition coefficient (Wildman–Crippen LogP) is 0.641. The molecule has 0 aliphatic rings. The first kappa shape index (κ1) is 16.0. The third kappa shape index (κ3) is 5.19. The third-order valence-corrected chi connectivity index (χ3v) is 3.72. The molecule has 0 spiro atoms. The van der Waals surface area contributed by atoms with E-state index in [1.165, 1.54) is 7.11 Å². The number of sulfonamides is 1. The van der Waals surface area contributed by atoms with Crippen LogP contribution in [0.2, 0.25) is 0 Å². The maximum Gasteiger partial charge on any atom is 0.240 e. The van der Waals surface area contributed by atoms with Gasteiger partial charge in [-0.3, -0.25) is 0 Å². The zero-order valence-corrected chi connectivity index (χ0v) is 11.1. The molecule has 2 N–H and O–H groups in total. The Hall–Kier alpha value is -1.09. The van der Waals surface area contributed by atoms with Gasteiger partial charge in [-0.1, -0.05) is 0 Å². The molecule has 19 heavy (non-hydrogen) atoms. The molecule has 0 fully saturated rings. The Labute approximate surface area is 110 Å². The van der Waals surface area contributed by atoms with Crippen molar-refractivity contribution in [2.75, 3.05) is 20.3 Å². The van der Waals surface area contributed by atoms with Crippen molar-refractivity contribution >= 4 is 10.0 Å². The molecule has 1 atom stereocenters. The van der Waals surface area contributed by atoms with E-state index in [9.17, 15) is 22.3 Å². The number of benzene rings is 1. The third-order valence-electron chi connectivity index (χ3n) is 2.28. The Morgan fingerprint density at radius 2 is 1.89 bits per heavy atom. The van der Waals surface area contributed by atoms with Crippen molar-refractivity contribution in [2.45, 2.75) is 17.4 Å². The van der Waals surface area contributed by atoms with Crippen molar-refractivity contribution < 1.29 is 27.0 Å². The minimum atomic E-state index is -4.00. The Kier molecular flexibility index (Phi) is 5.80. The monoisotopic (exact) mass is 295 g/mol. The fourth-order valence-corrected chi connectivity index (χ4v) is 2.49. The van der Waals surface area contributed by atoms with Crippen molar-refractivity contribution in [3.05, 3.63) is 29.8 Å². The lowest BCUT2D eigenvalue weighted by atomic mass is 10.3. The van der Waals surface area contributed by atoms with Crippen LogP contribution >= 0.6 is 0 Å². The smallest absolute Gasteiger partial charge is 0.240 e. The summed E-state index contributed by atoms with van der Waals surface area (Å²) >= 11 is 0. The summed E-state index contributed by atoms with van der Waals surface area (Å²) in [5, 5.41) is 9.32. The highest BCUT2D eigenvalue weighted by Gasteiger charge is 2.16. The molecule has 0 aromatic heterocycles. The van der Waals surface area contributed by atoms with Crippen molar-refractivity contribution in [2.24, 2.45) is 0 Å². The maximum atomic E-state index is 12.9. The molecular weight excluding hydrogens is 280 g/mol. The summed E-state index contributed by atoms with van der Waals surface area (Å²) < 4.78 is 56.1. The van der Waals surface area contributed by atoms with E-state index in [0.717, 1.165) is 12.1 Å². The molecule has 5 nitrogen and oxygen atoms in total. The number of rotatable bonds is 7. The normalized spacial score (nSPS) is 13.5. The highest BCUT2D eigenvalue weighted by Crippen LogP contribution is 2.13. The van der Waals surface area contributed by atoms with Gasteiger partial charge < -0.3 is 9.84 Å². The zero-order chi connectivity index (χ0) is 14.5. The van der Waals surface area contributed by atoms with Gasteiger partial charge >= 0.3 is 0 Å². The summed E-state index contributed by atoms with van der Waals surface area (Å²) in [5.41, 5.74) is 0. The molecule has 1 aromatic rings. The van der Waals surface area contributed by atoms with Crippen LogP contribution in [0.25, 0.3) is 0 Å². The molecule has 0 bridgehead atoms. The van der Waals surface area contributed by atoms with Gasteiger partial charge in [-0.25, -0.2) is 21.9 Å². The summed E-state index contributed by atoms with van der Waals surface area (Å²) in [7, 11) is -2.59. The minimum Gasteiger partial charge on any atom is -0.391 e. The largest absolute Gasteiger partial charge is 0.391 e. The number of aliphatic hydroxyl groups excluding tert-OH is 1. The summed E-state index contributed by atoms with van der Waals surface area (Å²) in [4.78, 5) is -0.494. The van der Waals surface area contributed by atoms with Gasteiger partial charge in [0.15, 0.2) is 0 Å². The Balaban J connectivity index is 2.66. The molecule has 0 radical (unpaired) electrons. The van der Waals surface area contributed by atoms with Crippen LogP contribution in [0.1, 0.15) is 6.42 Å². The lowest BCUT2D eigenvalue weighted by molar-refractivity contribution is 0.0603. The van der Waals surface area contributed by atoms with Gasteiger partial charge in [-0.05, 0) is 18.6 Å². The van der Waals surface area contributed by atoms with Gasteiger partial charge in [-0.2, -0.15) is 0 Å². The molecule has 1 unspecified atom stereocenters. The SMILES string of the molecule is COCC(O)CCNS(=O)(=O)c1cc(F)cc(F)c1. The number of ether oxygens (including phenoxy) is 1. The first-order chi connectivity index (χ1) is 8.85. The van der Waals surface area contributed by atoms with E-state index in [-0.39, 0.29) is 19.6 Å². The van der Waals surface area contributed by atoms with E-state index in [0.29, 0.717) is 6.07 Å². The van der Waals surface area contributed by atoms with Crippen LogP contribution in [-0.2, 0) is 14.8 Å². The highest BCUT2D eigenvalue weighted by molar-refractivity contribution is 7.89. The topological polar surface area (TPSA) is 75.6 Å². The first-order valence-corrected chi connectivity index (χ1v) is 6.96. The molecule has 0 aliphatic carbocycles. The lowest BCUT2D eigenvalue weighted by Gasteiger charge is -2.10. The highest BCUT2D eigenvalue weighted by atomic mass is 32.2. The number of aliphatic hydroxyl groups is 1. The second kappa shape index (κ2) is 6.90. The maximum absolute atomic E-state index is 12.9. The van der Waals surface area contributed by atoms with Crippen LogP contribution in [0, 0.1) is 11.6 Å². The van der Waals surface area contributed by atoms with Crippen LogP contribution in [0.15, 0.2) is 23.1 Å². The van der Waals surface area contributed by atoms with Gasteiger partial charge in [0.1, 0.15) is 11.6 Å². The summed E-state index contributed by atoms with van der Waals surface area (Å²) in [6, 6.07) is 2.02. The van der Waals surface area contributed by atoms with Gasteiger partial charge in [0.2, 0.25) is 10.0 Å². The molecular formula is C11H15F2NO4S. The molecule has 0 heterocycles.